The Hall–Kier alpha value is -2.48. The highest BCUT2D eigenvalue weighted by Crippen LogP contribution is 2.34. The number of nitrogens with one attached hydrogen (secondary N) is 3. The van der Waals surface area contributed by atoms with Crippen LogP contribution in [0.4, 0.5) is 0 Å². The minimum absolute atomic E-state index is 0.0103. The molecule has 0 atom stereocenters. The van der Waals surface area contributed by atoms with Crippen molar-refractivity contribution in [2.24, 2.45) is 0 Å². The zero-order chi connectivity index (χ0) is 18.7. The van der Waals surface area contributed by atoms with Gasteiger partial charge in [0.2, 0.25) is 0 Å². The minimum atomic E-state index is -0.427. The predicted octanol–water partition coefficient (Wildman–Crippen LogP) is 3.81. The first-order valence-electron chi connectivity index (χ1n) is 7.61. The van der Waals surface area contributed by atoms with Crippen molar-refractivity contribution in [2.45, 2.75) is 6.92 Å². The van der Waals surface area contributed by atoms with Gasteiger partial charge in [-0.25, -0.2) is 0 Å². The lowest BCUT2D eigenvalue weighted by molar-refractivity contribution is 0.0938. The van der Waals surface area contributed by atoms with Crippen LogP contribution in [0, 0.1) is 6.92 Å². The number of thiocarbonyl (C=S) groups is 1. The van der Waals surface area contributed by atoms with E-state index in [1.807, 2.05) is 43.3 Å². The molecule has 3 rings (SSSR count). The molecule has 0 saturated carbocycles. The molecule has 3 N–H and O–H groups in total. The fourth-order valence-electron chi connectivity index (χ4n) is 2.36. The number of amides is 2. The predicted molar refractivity (Wildman–Crippen MR) is 109 cm³/mol. The van der Waals surface area contributed by atoms with E-state index >= 15 is 0 Å². The van der Waals surface area contributed by atoms with Gasteiger partial charge in [-0.05, 0) is 36.8 Å². The van der Waals surface area contributed by atoms with Crippen molar-refractivity contribution in [1.82, 2.24) is 16.2 Å². The van der Waals surface area contributed by atoms with Gasteiger partial charge in [0, 0.05) is 15.6 Å². The molecule has 0 aliphatic rings. The highest BCUT2D eigenvalue weighted by Gasteiger charge is 2.17. The SMILES string of the molecule is Cc1ccccc1C(=O)NC(=S)NNC(=O)c1sc2ccccc2c1Cl. The molecule has 5 nitrogen and oxygen atoms in total. The quantitative estimate of drug-likeness (QED) is 0.449. The lowest BCUT2D eigenvalue weighted by Crippen LogP contribution is -2.48. The smallest absolute Gasteiger partial charge is 0.281 e. The summed E-state index contributed by atoms with van der Waals surface area (Å²) in [4.78, 5) is 24.9. The average molecular weight is 404 g/mol. The monoisotopic (exact) mass is 403 g/mol. The summed E-state index contributed by atoms with van der Waals surface area (Å²) >= 11 is 12.6. The Labute approximate surface area is 164 Å². The van der Waals surface area contributed by atoms with Gasteiger partial charge in [0.1, 0.15) is 4.88 Å². The molecule has 2 amide bonds. The number of hydrogen-bond donors (Lipinski definition) is 3. The number of rotatable bonds is 2. The molecule has 0 fully saturated rings. The van der Waals surface area contributed by atoms with E-state index in [1.165, 1.54) is 11.3 Å². The Bertz CT molecular complexity index is 1020. The minimum Gasteiger partial charge on any atom is -0.298 e. The van der Waals surface area contributed by atoms with Crippen molar-refractivity contribution in [3.05, 3.63) is 69.6 Å². The number of aryl methyl sites for hydroxylation is 1. The number of benzene rings is 2. The Morgan fingerprint density at radius 1 is 1.00 bits per heavy atom. The summed E-state index contributed by atoms with van der Waals surface area (Å²) in [5.41, 5.74) is 6.31. The van der Waals surface area contributed by atoms with Crippen molar-refractivity contribution in [3.63, 3.8) is 0 Å². The second kappa shape index (κ2) is 7.82. The Kier molecular flexibility index (Phi) is 5.51. The van der Waals surface area contributed by atoms with Gasteiger partial charge in [-0.3, -0.25) is 25.8 Å². The van der Waals surface area contributed by atoms with Gasteiger partial charge in [0.25, 0.3) is 11.8 Å². The molecule has 1 heterocycles. The summed E-state index contributed by atoms with van der Waals surface area (Å²) in [5, 5.41) is 3.72. The zero-order valence-corrected chi connectivity index (χ0v) is 16.0. The number of halogens is 1. The standard InChI is InChI=1S/C18H14ClN3O2S2/c1-10-6-2-3-7-11(10)16(23)20-18(25)22-21-17(24)15-14(19)12-8-4-5-9-13(12)26-15/h2-9H,1H3,(H,21,24)(H2,20,22,23,25). The maximum atomic E-state index is 12.3. The maximum Gasteiger partial charge on any atom is 0.281 e. The topological polar surface area (TPSA) is 70.2 Å². The Morgan fingerprint density at radius 3 is 2.42 bits per heavy atom. The fraction of sp³-hybridized carbons (Fsp3) is 0.0556. The van der Waals surface area contributed by atoms with Crippen LogP contribution in [0.25, 0.3) is 10.1 Å². The van der Waals surface area contributed by atoms with Gasteiger partial charge in [-0.2, -0.15) is 0 Å². The van der Waals surface area contributed by atoms with Crippen LogP contribution in [0.3, 0.4) is 0 Å². The van der Waals surface area contributed by atoms with Crippen LogP contribution in [0.5, 0.6) is 0 Å². The summed E-state index contributed by atoms with van der Waals surface area (Å²) in [7, 11) is 0. The third-order valence-corrected chi connectivity index (χ3v) is 5.53. The first-order chi connectivity index (χ1) is 12.5. The van der Waals surface area contributed by atoms with Crippen molar-refractivity contribution in [3.8, 4) is 0 Å². The summed E-state index contributed by atoms with van der Waals surface area (Å²) in [6.45, 7) is 1.83. The van der Waals surface area contributed by atoms with Gasteiger partial charge in [0.05, 0.1) is 5.02 Å². The third-order valence-electron chi connectivity index (χ3n) is 3.65. The molecule has 26 heavy (non-hydrogen) atoms. The van der Waals surface area contributed by atoms with Gasteiger partial charge in [-0.1, -0.05) is 48.0 Å². The summed E-state index contributed by atoms with van der Waals surface area (Å²) in [5.74, 6) is -0.779. The number of hydrazine groups is 1. The molecule has 8 heteroatoms. The second-order valence-electron chi connectivity index (χ2n) is 5.42. The van der Waals surface area contributed by atoms with Crippen LogP contribution in [-0.2, 0) is 0 Å². The van der Waals surface area contributed by atoms with Crippen LogP contribution in [0.2, 0.25) is 5.02 Å². The van der Waals surface area contributed by atoms with Crippen LogP contribution in [-0.4, -0.2) is 16.9 Å². The molecule has 0 radical (unpaired) electrons. The number of fused-ring (bicyclic) bond motifs is 1. The average Bonchev–Trinajstić information content (AvgIpc) is 2.97. The zero-order valence-electron chi connectivity index (χ0n) is 13.6. The first-order valence-corrected chi connectivity index (χ1v) is 9.22. The second-order valence-corrected chi connectivity index (χ2v) is 7.26. The van der Waals surface area contributed by atoms with Crippen molar-refractivity contribution in [1.29, 1.82) is 0 Å². The van der Waals surface area contributed by atoms with E-state index in [2.05, 4.69) is 16.2 Å². The van der Waals surface area contributed by atoms with Gasteiger partial charge in [0.15, 0.2) is 5.11 Å². The van der Waals surface area contributed by atoms with E-state index < -0.39 is 5.91 Å². The van der Waals surface area contributed by atoms with Crippen molar-refractivity contribution >= 4 is 62.2 Å². The van der Waals surface area contributed by atoms with E-state index in [-0.39, 0.29) is 11.0 Å². The number of carbonyl (C=O) groups excluding carboxylic acids is 2. The molecule has 0 unspecified atom stereocenters. The molecular formula is C18H14ClN3O2S2. The van der Waals surface area contributed by atoms with Crippen LogP contribution in [0.15, 0.2) is 48.5 Å². The summed E-state index contributed by atoms with van der Waals surface area (Å²) in [6.07, 6.45) is 0. The van der Waals surface area contributed by atoms with Crippen LogP contribution in [0.1, 0.15) is 25.6 Å². The van der Waals surface area contributed by atoms with E-state index in [1.54, 1.807) is 12.1 Å². The number of carbonyl (C=O) groups is 2. The third kappa shape index (κ3) is 3.85. The first kappa shape index (κ1) is 18.3. The van der Waals surface area contributed by atoms with Gasteiger partial charge in [-0.15, -0.1) is 11.3 Å². The molecule has 0 aliphatic heterocycles. The molecular weight excluding hydrogens is 390 g/mol. The van der Waals surface area contributed by atoms with E-state index in [9.17, 15) is 9.59 Å². The Balaban J connectivity index is 1.62. The molecule has 2 aromatic carbocycles. The lowest BCUT2D eigenvalue weighted by atomic mass is 10.1. The lowest BCUT2D eigenvalue weighted by Gasteiger charge is -2.11. The molecule has 0 aliphatic carbocycles. The molecule has 132 valence electrons. The largest absolute Gasteiger partial charge is 0.298 e. The molecule has 0 spiro atoms. The molecule has 0 bridgehead atoms. The fourth-order valence-corrected chi connectivity index (χ4v) is 3.92. The van der Waals surface area contributed by atoms with E-state index in [4.69, 9.17) is 23.8 Å². The van der Waals surface area contributed by atoms with Crippen molar-refractivity contribution in [2.75, 3.05) is 0 Å². The van der Waals surface area contributed by atoms with Crippen molar-refractivity contribution < 1.29 is 9.59 Å². The van der Waals surface area contributed by atoms with Gasteiger partial charge >= 0.3 is 0 Å². The van der Waals surface area contributed by atoms with Crippen LogP contribution < -0.4 is 16.2 Å². The summed E-state index contributed by atoms with van der Waals surface area (Å²) in [6, 6.07) is 14.6. The summed E-state index contributed by atoms with van der Waals surface area (Å²) < 4.78 is 0.915. The molecule has 3 aromatic rings. The number of hydrogen-bond acceptors (Lipinski definition) is 4. The Morgan fingerprint density at radius 2 is 1.69 bits per heavy atom. The molecule has 1 aromatic heterocycles. The highest BCUT2D eigenvalue weighted by molar-refractivity contribution is 7.80. The highest BCUT2D eigenvalue weighted by atomic mass is 35.5. The normalized spacial score (nSPS) is 10.4. The number of thiophene rings is 1. The van der Waals surface area contributed by atoms with E-state index in [0.717, 1.165) is 15.6 Å². The molecule has 0 saturated heterocycles. The van der Waals surface area contributed by atoms with Gasteiger partial charge < -0.3 is 0 Å². The van der Waals surface area contributed by atoms with Crippen LogP contribution >= 0.6 is 35.2 Å². The van der Waals surface area contributed by atoms with E-state index in [0.29, 0.717) is 15.5 Å². The maximum absolute atomic E-state index is 12.3.